The number of Topliss-reactive ketones (excluding diaryl/α,β-unsaturated/α-hetero) is 1. The third-order valence-corrected chi connectivity index (χ3v) is 8.05. The molecule has 0 unspecified atom stereocenters. The Hall–Kier alpha value is -2.70. The van der Waals surface area contributed by atoms with E-state index in [2.05, 4.69) is 0 Å². The van der Waals surface area contributed by atoms with E-state index in [-0.39, 0.29) is 11.5 Å². The highest BCUT2D eigenvalue weighted by molar-refractivity contribution is 7.88. The van der Waals surface area contributed by atoms with Gasteiger partial charge in [-0.2, -0.15) is 0 Å². The first kappa shape index (κ1) is 19.3. The minimum Gasteiger partial charge on any atom is -0.485 e. The van der Waals surface area contributed by atoms with Gasteiger partial charge < -0.3 is 4.74 Å². The van der Waals surface area contributed by atoms with Crippen LogP contribution in [0.3, 0.4) is 0 Å². The zero-order valence-corrected chi connectivity index (χ0v) is 17.4. The lowest BCUT2D eigenvalue weighted by Gasteiger charge is -2.43. The van der Waals surface area contributed by atoms with E-state index in [1.807, 2.05) is 66.7 Å². The molecule has 2 aliphatic heterocycles. The lowest BCUT2D eigenvalue weighted by molar-refractivity contribution is 0.00713. The van der Waals surface area contributed by atoms with Gasteiger partial charge >= 0.3 is 0 Å². The third kappa shape index (κ3) is 3.40. The fraction of sp³-hybridized carbons (Fsp3) is 0.292. The molecule has 0 aliphatic carbocycles. The number of nitrogens with zero attached hydrogens (tertiary/aromatic N) is 1. The van der Waals surface area contributed by atoms with Crippen molar-refractivity contribution in [2.75, 3.05) is 13.1 Å². The molecule has 3 aromatic rings. The predicted molar refractivity (Wildman–Crippen MR) is 116 cm³/mol. The van der Waals surface area contributed by atoms with Gasteiger partial charge in [-0.3, -0.25) is 4.79 Å². The molecule has 6 heteroatoms. The van der Waals surface area contributed by atoms with E-state index in [1.165, 1.54) is 4.31 Å². The van der Waals surface area contributed by atoms with Gasteiger partial charge in [0.1, 0.15) is 11.4 Å². The van der Waals surface area contributed by atoms with Crippen LogP contribution in [0.4, 0.5) is 0 Å². The van der Waals surface area contributed by atoms with Gasteiger partial charge in [0.25, 0.3) is 0 Å². The molecule has 154 valence electrons. The SMILES string of the molecule is O=C1CC2(CCN(S(=O)(=O)Cc3ccccc3)CC2)Oc2c1ccc1ccccc21. The second-order valence-corrected chi connectivity index (χ2v) is 10.2. The molecule has 0 bridgehead atoms. The van der Waals surface area contributed by atoms with Gasteiger partial charge in [0.2, 0.25) is 10.0 Å². The Kier molecular flexibility index (Phi) is 4.64. The number of sulfonamides is 1. The molecule has 2 heterocycles. The highest BCUT2D eigenvalue weighted by atomic mass is 32.2. The van der Waals surface area contributed by atoms with Crippen LogP contribution in [0.25, 0.3) is 10.8 Å². The van der Waals surface area contributed by atoms with Crippen LogP contribution in [0.15, 0.2) is 66.7 Å². The van der Waals surface area contributed by atoms with Gasteiger partial charge in [0, 0.05) is 31.3 Å². The molecule has 5 rings (SSSR count). The molecular weight excluding hydrogens is 398 g/mol. The Labute approximate surface area is 176 Å². The van der Waals surface area contributed by atoms with Crippen LogP contribution in [-0.4, -0.2) is 37.2 Å². The number of fused-ring (bicyclic) bond motifs is 3. The average molecular weight is 422 g/mol. The number of carbonyl (C=O) groups is 1. The molecule has 1 saturated heterocycles. The maximum atomic E-state index is 12.9. The van der Waals surface area contributed by atoms with Crippen molar-refractivity contribution in [3.05, 3.63) is 77.9 Å². The summed E-state index contributed by atoms with van der Waals surface area (Å²) in [5.41, 5.74) is 0.771. The Balaban J connectivity index is 1.37. The highest BCUT2D eigenvalue weighted by Crippen LogP contribution is 2.43. The molecule has 2 aliphatic rings. The molecule has 0 aromatic heterocycles. The molecule has 3 aromatic carbocycles. The van der Waals surface area contributed by atoms with Crippen LogP contribution in [-0.2, 0) is 15.8 Å². The van der Waals surface area contributed by atoms with Crippen LogP contribution in [0.2, 0.25) is 0 Å². The number of rotatable bonds is 3. The van der Waals surface area contributed by atoms with Gasteiger partial charge in [-0.1, -0.05) is 60.7 Å². The van der Waals surface area contributed by atoms with Crippen molar-refractivity contribution < 1.29 is 17.9 Å². The summed E-state index contributed by atoms with van der Waals surface area (Å²) in [7, 11) is -3.41. The van der Waals surface area contributed by atoms with Crippen LogP contribution in [0.1, 0.15) is 35.2 Å². The monoisotopic (exact) mass is 421 g/mol. The van der Waals surface area contributed by atoms with E-state index < -0.39 is 15.6 Å². The molecule has 5 nitrogen and oxygen atoms in total. The number of piperidine rings is 1. The number of ether oxygens (including phenoxy) is 1. The largest absolute Gasteiger partial charge is 0.485 e. The van der Waals surface area contributed by atoms with Gasteiger partial charge in [-0.15, -0.1) is 0 Å². The number of hydrogen-bond donors (Lipinski definition) is 0. The second kappa shape index (κ2) is 7.22. The molecule has 30 heavy (non-hydrogen) atoms. The molecular formula is C24H23NO4S. The van der Waals surface area contributed by atoms with Gasteiger partial charge in [0.05, 0.1) is 17.7 Å². The van der Waals surface area contributed by atoms with Crippen LogP contribution >= 0.6 is 0 Å². The lowest BCUT2D eigenvalue weighted by atomic mass is 9.82. The molecule has 0 atom stereocenters. The molecule has 1 fully saturated rings. The van der Waals surface area contributed by atoms with E-state index in [0.717, 1.165) is 16.3 Å². The number of ketones is 1. The van der Waals surface area contributed by atoms with Crippen molar-refractivity contribution in [3.8, 4) is 5.75 Å². The van der Waals surface area contributed by atoms with Crippen molar-refractivity contribution in [2.45, 2.75) is 30.6 Å². The summed E-state index contributed by atoms with van der Waals surface area (Å²) in [5, 5.41) is 1.96. The van der Waals surface area contributed by atoms with Crippen LogP contribution in [0, 0.1) is 0 Å². The van der Waals surface area contributed by atoms with E-state index in [0.29, 0.717) is 43.7 Å². The molecule has 0 amide bonds. The minimum absolute atomic E-state index is 0.00585. The summed E-state index contributed by atoms with van der Waals surface area (Å²) < 4.78 is 33.8. The van der Waals surface area contributed by atoms with E-state index >= 15 is 0 Å². The first-order valence-electron chi connectivity index (χ1n) is 10.2. The quantitative estimate of drug-likeness (QED) is 0.637. The van der Waals surface area contributed by atoms with Gasteiger partial charge in [0.15, 0.2) is 5.78 Å². The molecule has 1 spiro atoms. The first-order valence-corrected chi connectivity index (χ1v) is 11.8. The summed E-state index contributed by atoms with van der Waals surface area (Å²) in [6.45, 7) is 0.727. The Morgan fingerprint density at radius 2 is 1.60 bits per heavy atom. The summed E-state index contributed by atoms with van der Waals surface area (Å²) in [6.07, 6.45) is 1.32. The Morgan fingerprint density at radius 1 is 0.900 bits per heavy atom. The normalized spacial score (nSPS) is 18.9. The fourth-order valence-electron chi connectivity index (χ4n) is 4.54. The number of benzene rings is 3. The zero-order chi connectivity index (χ0) is 20.8. The van der Waals surface area contributed by atoms with Gasteiger partial charge in [-0.05, 0) is 17.0 Å². The van der Waals surface area contributed by atoms with Crippen molar-refractivity contribution >= 4 is 26.6 Å². The summed E-state index contributed by atoms with van der Waals surface area (Å²) in [6, 6.07) is 20.9. The summed E-state index contributed by atoms with van der Waals surface area (Å²) >= 11 is 0. The molecule has 0 saturated carbocycles. The maximum Gasteiger partial charge on any atom is 0.218 e. The predicted octanol–water partition coefficient (Wildman–Crippen LogP) is 4.17. The highest BCUT2D eigenvalue weighted by Gasteiger charge is 2.45. The van der Waals surface area contributed by atoms with Crippen molar-refractivity contribution in [1.29, 1.82) is 0 Å². The Bertz CT molecular complexity index is 1210. The standard InChI is InChI=1S/C24H23NO4S/c26-22-16-24(29-23-20-9-5-4-8-19(20)10-11-21(22)23)12-14-25(15-13-24)30(27,28)17-18-6-2-1-3-7-18/h1-11H,12-17H2. The average Bonchev–Trinajstić information content (AvgIpc) is 2.74. The topological polar surface area (TPSA) is 63.7 Å². The number of carbonyl (C=O) groups excluding carboxylic acids is 1. The van der Waals surface area contributed by atoms with E-state index in [1.54, 1.807) is 0 Å². The minimum atomic E-state index is -3.41. The Morgan fingerprint density at radius 3 is 2.37 bits per heavy atom. The van der Waals surface area contributed by atoms with Crippen molar-refractivity contribution in [3.63, 3.8) is 0 Å². The fourth-order valence-corrected chi connectivity index (χ4v) is 6.08. The molecule has 0 N–H and O–H groups in total. The summed E-state index contributed by atoms with van der Waals surface area (Å²) in [5.74, 6) is 0.709. The van der Waals surface area contributed by atoms with Crippen LogP contribution in [0.5, 0.6) is 5.75 Å². The summed E-state index contributed by atoms with van der Waals surface area (Å²) in [4.78, 5) is 12.9. The zero-order valence-electron chi connectivity index (χ0n) is 16.6. The smallest absolute Gasteiger partial charge is 0.218 e. The first-order chi connectivity index (χ1) is 14.5. The van der Waals surface area contributed by atoms with Gasteiger partial charge in [-0.25, -0.2) is 12.7 Å². The second-order valence-electron chi connectivity index (χ2n) is 8.19. The van der Waals surface area contributed by atoms with Crippen LogP contribution < -0.4 is 4.74 Å². The third-order valence-electron chi connectivity index (χ3n) is 6.20. The lowest BCUT2D eigenvalue weighted by Crippen LogP contribution is -2.52. The van der Waals surface area contributed by atoms with E-state index in [9.17, 15) is 13.2 Å². The van der Waals surface area contributed by atoms with E-state index in [4.69, 9.17) is 4.74 Å². The molecule has 0 radical (unpaired) electrons. The van der Waals surface area contributed by atoms with Crippen molar-refractivity contribution in [2.24, 2.45) is 0 Å². The van der Waals surface area contributed by atoms with Crippen molar-refractivity contribution in [1.82, 2.24) is 4.31 Å². The number of hydrogen-bond acceptors (Lipinski definition) is 4. The maximum absolute atomic E-state index is 12.9.